The molecule has 11 heavy (non-hydrogen) atoms. The normalized spacial score (nSPS) is 2.36. The fourth-order valence-corrected chi connectivity index (χ4v) is 0. The van der Waals surface area contributed by atoms with Gasteiger partial charge in [0.25, 0.3) is 0 Å². The van der Waals surface area contributed by atoms with Gasteiger partial charge in [0.2, 0.25) is 0 Å². The van der Waals surface area contributed by atoms with E-state index in [4.69, 9.17) is 0 Å². The highest BCUT2D eigenvalue weighted by Gasteiger charge is 0.936. The molecule has 0 atom stereocenters. The van der Waals surface area contributed by atoms with E-state index in [2.05, 4.69) is 26.3 Å². The van der Waals surface area contributed by atoms with Gasteiger partial charge in [0.05, 0.1) is 0 Å². The van der Waals surface area contributed by atoms with Crippen molar-refractivity contribution < 1.29 is 0 Å². The summed E-state index contributed by atoms with van der Waals surface area (Å²) in [5.41, 5.74) is 0. The third-order valence-corrected chi connectivity index (χ3v) is 0. The van der Waals surface area contributed by atoms with Gasteiger partial charge in [-0.15, -0.1) is 26.3 Å². The van der Waals surface area contributed by atoms with Crippen molar-refractivity contribution in [1.82, 2.24) is 0 Å². The Bertz CT molecular complexity index is 2.00. The molecule has 0 amide bonds. The van der Waals surface area contributed by atoms with Gasteiger partial charge in [-0.2, -0.15) is 0 Å². The third-order valence-electron chi connectivity index (χ3n) is 0. The average molecular weight is 162 g/mol. The molecule has 0 heteroatoms. The summed E-state index contributed by atoms with van der Waals surface area (Å²) in [5, 5.41) is 0. The van der Waals surface area contributed by atoms with Crippen molar-refractivity contribution >= 4 is 0 Å². The van der Waals surface area contributed by atoms with Gasteiger partial charge in [0.1, 0.15) is 0 Å². The first-order chi connectivity index (χ1) is 5.00. The van der Waals surface area contributed by atoms with Gasteiger partial charge >= 0.3 is 0 Å². The van der Waals surface area contributed by atoms with Gasteiger partial charge in [0.15, 0.2) is 0 Å². The summed E-state index contributed by atoms with van der Waals surface area (Å²) in [6.45, 7) is 24.0. The van der Waals surface area contributed by atoms with Gasteiger partial charge in [-0.3, -0.25) is 0 Å². The molecule has 0 fully saturated rings. The molecule has 0 radical (unpaired) electrons. The molecule has 0 unspecified atom stereocenters. The van der Waals surface area contributed by atoms with Crippen molar-refractivity contribution in [3.8, 4) is 0 Å². The van der Waals surface area contributed by atoms with E-state index < -0.39 is 0 Å². The SMILES string of the molecule is C.C=C.C=C.CC.CC.CC. The zero-order valence-electron chi connectivity index (χ0n) is 8.83. The van der Waals surface area contributed by atoms with Crippen molar-refractivity contribution in [2.75, 3.05) is 0 Å². The monoisotopic (exact) mass is 162 g/mol. The average Bonchev–Trinajstić information content (AvgIpc) is 2.20. The Morgan fingerprint density at radius 1 is 0.455 bits per heavy atom. The van der Waals surface area contributed by atoms with Gasteiger partial charge < -0.3 is 0 Å². The quantitative estimate of drug-likeness (QED) is 0.423. The zero-order chi connectivity index (χ0) is 10.0. The summed E-state index contributed by atoms with van der Waals surface area (Å²) in [5.74, 6) is 0. The molecular weight excluding hydrogens is 132 g/mol. The molecule has 0 aliphatic heterocycles. The lowest BCUT2D eigenvalue weighted by Gasteiger charge is -1.07. The van der Waals surface area contributed by atoms with Crippen LogP contribution in [0.4, 0.5) is 0 Å². The first-order valence-electron chi connectivity index (χ1n) is 4.00. The maximum Gasteiger partial charge on any atom is -0.0683 e. The second-order valence-corrected chi connectivity index (χ2v) is 0. The molecule has 0 saturated heterocycles. The fourth-order valence-electron chi connectivity index (χ4n) is 0. The van der Waals surface area contributed by atoms with Crippen molar-refractivity contribution in [2.24, 2.45) is 0 Å². The van der Waals surface area contributed by atoms with E-state index in [-0.39, 0.29) is 7.43 Å². The highest BCUT2D eigenvalue weighted by atomic mass is 13.0. The van der Waals surface area contributed by atoms with E-state index in [0.29, 0.717) is 0 Å². The second-order valence-electron chi connectivity index (χ2n) is 0. The van der Waals surface area contributed by atoms with Crippen molar-refractivity contribution in [3.63, 3.8) is 0 Å². The first kappa shape index (κ1) is 46.9. The van der Waals surface area contributed by atoms with Gasteiger partial charge in [-0.25, -0.2) is 0 Å². The summed E-state index contributed by atoms with van der Waals surface area (Å²) in [6, 6.07) is 0. The van der Waals surface area contributed by atoms with Crippen LogP contribution in [0.3, 0.4) is 0 Å². The molecule has 0 spiro atoms. The maximum absolute atomic E-state index is 3.00. The summed E-state index contributed by atoms with van der Waals surface area (Å²) in [4.78, 5) is 0. The Labute approximate surface area is 76.0 Å². The fraction of sp³-hybridized carbons (Fsp3) is 0.636. The Morgan fingerprint density at radius 3 is 0.455 bits per heavy atom. The molecule has 0 aromatic carbocycles. The van der Waals surface area contributed by atoms with E-state index >= 15 is 0 Å². The largest absolute Gasteiger partial charge is 0.106 e. The Hall–Kier alpha value is -0.520. The molecule has 0 heterocycles. The molecule has 0 bridgehead atoms. The second kappa shape index (κ2) is 2520. The predicted molar refractivity (Wildman–Crippen MR) is 63.3 cm³/mol. The van der Waals surface area contributed by atoms with E-state index in [9.17, 15) is 0 Å². The molecule has 74 valence electrons. The Morgan fingerprint density at radius 2 is 0.455 bits per heavy atom. The van der Waals surface area contributed by atoms with Crippen LogP contribution in [0.25, 0.3) is 0 Å². The topological polar surface area (TPSA) is 0 Å². The number of hydrogen-bond acceptors (Lipinski definition) is 0. The van der Waals surface area contributed by atoms with E-state index in [1.807, 2.05) is 41.5 Å². The van der Waals surface area contributed by atoms with Crippen molar-refractivity contribution in [2.45, 2.75) is 49.0 Å². The highest BCUT2D eigenvalue weighted by molar-refractivity contribution is 4.22. The minimum atomic E-state index is 0. The summed E-state index contributed by atoms with van der Waals surface area (Å²) < 4.78 is 0. The minimum Gasteiger partial charge on any atom is -0.106 e. The highest BCUT2D eigenvalue weighted by Crippen LogP contribution is 1.15. The van der Waals surface area contributed by atoms with E-state index in [1.54, 1.807) is 0 Å². The van der Waals surface area contributed by atoms with Crippen LogP contribution in [0.15, 0.2) is 26.3 Å². The Kier molecular flexibility index (Phi) is 10800. The summed E-state index contributed by atoms with van der Waals surface area (Å²) >= 11 is 0. The minimum absolute atomic E-state index is 0. The summed E-state index contributed by atoms with van der Waals surface area (Å²) in [7, 11) is 0. The van der Waals surface area contributed by atoms with Crippen LogP contribution in [0.1, 0.15) is 49.0 Å². The zero-order valence-corrected chi connectivity index (χ0v) is 8.83. The van der Waals surface area contributed by atoms with Crippen LogP contribution in [0.2, 0.25) is 0 Å². The first-order valence-corrected chi connectivity index (χ1v) is 4.00. The van der Waals surface area contributed by atoms with Crippen LogP contribution in [0, 0.1) is 0 Å². The van der Waals surface area contributed by atoms with Crippen LogP contribution in [0.5, 0.6) is 0 Å². The molecule has 0 saturated carbocycles. The van der Waals surface area contributed by atoms with Crippen molar-refractivity contribution in [3.05, 3.63) is 26.3 Å². The molecule has 0 aliphatic carbocycles. The van der Waals surface area contributed by atoms with Crippen molar-refractivity contribution in [1.29, 1.82) is 0 Å². The molecule has 0 nitrogen and oxygen atoms in total. The van der Waals surface area contributed by atoms with Crippen LogP contribution in [-0.4, -0.2) is 0 Å². The molecule has 0 aromatic rings. The molecule has 0 aromatic heterocycles. The molecule has 0 rings (SSSR count). The number of rotatable bonds is 0. The van der Waals surface area contributed by atoms with Crippen LogP contribution in [-0.2, 0) is 0 Å². The Balaban J connectivity index is -0.00000000694. The molecule has 0 N–H and O–H groups in total. The molecular formula is C11H30. The van der Waals surface area contributed by atoms with Gasteiger partial charge in [-0.05, 0) is 0 Å². The summed E-state index contributed by atoms with van der Waals surface area (Å²) in [6.07, 6.45) is 0. The predicted octanol–water partition coefficient (Wildman–Crippen LogP) is 5.32. The standard InChI is InChI=1S/3C2H6.2C2H4.CH4/c5*1-2;/h3*1-2H3;2*1-2H2;1H4. The lowest BCUT2D eigenvalue weighted by Crippen LogP contribution is -0.856. The molecule has 0 aliphatic rings. The van der Waals surface area contributed by atoms with E-state index in [1.165, 1.54) is 0 Å². The lowest BCUT2D eigenvalue weighted by atomic mass is 11.0. The van der Waals surface area contributed by atoms with Gasteiger partial charge in [-0.1, -0.05) is 49.0 Å². The van der Waals surface area contributed by atoms with Crippen LogP contribution < -0.4 is 0 Å². The van der Waals surface area contributed by atoms with Crippen LogP contribution >= 0.6 is 0 Å². The smallest absolute Gasteiger partial charge is 0.0683 e. The number of hydrogen-bond donors (Lipinski definition) is 0. The van der Waals surface area contributed by atoms with E-state index in [0.717, 1.165) is 0 Å². The lowest BCUT2D eigenvalue weighted by molar-refractivity contribution is 1.50. The van der Waals surface area contributed by atoms with Gasteiger partial charge in [0, 0.05) is 0 Å². The third kappa shape index (κ3) is 1960. The maximum atomic E-state index is 3.00.